The van der Waals surface area contributed by atoms with Crippen molar-refractivity contribution < 1.29 is 14.0 Å². The molecule has 2 aromatic heterocycles. The predicted molar refractivity (Wildman–Crippen MR) is 106 cm³/mol. The molecule has 0 saturated heterocycles. The van der Waals surface area contributed by atoms with Crippen molar-refractivity contribution in [1.82, 2.24) is 14.8 Å². The number of aryl methyl sites for hydroxylation is 3. The molecule has 0 saturated carbocycles. The highest BCUT2D eigenvalue weighted by Gasteiger charge is 2.17. The molecule has 0 atom stereocenters. The third-order valence-electron chi connectivity index (χ3n) is 4.31. The number of benzene rings is 1. The van der Waals surface area contributed by atoms with Crippen LogP contribution in [-0.2, 0) is 17.8 Å². The SMILES string of the molecule is Cc1ccc(C)c(C(=O)CSc2nnc(CCC(N)=O)n2Cc2ccco2)c1. The van der Waals surface area contributed by atoms with Gasteiger partial charge in [-0.05, 0) is 37.6 Å². The summed E-state index contributed by atoms with van der Waals surface area (Å²) >= 11 is 1.32. The Morgan fingerprint density at radius 2 is 2.04 bits per heavy atom. The molecular formula is C20H22N4O3S. The van der Waals surface area contributed by atoms with E-state index in [0.29, 0.717) is 23.9 Å². The van der Waals surface area contributed by atoms with Crippen LogP contribution >= 0.6 is 11.8 Å². The van der Waals surface area contributed by atoms with Gasteiger partial charge in [-0.2, -0.15) is 0 Å². The smallest absolute Gasteiger partial charge is 0.217 e. The summed E-state index contributed by atoms with van der Waals surface area (Å²) < 4.78 is 7.29. The lowest BCUT2D eigenvalue weighted by atomic mass is 10.0. The first-order valence-electron chi connectivity index (χ1n) is 8.90. The average molecular weight is 398 g/mol. The van der Waals surface area contributed by atoms with Crippen LogP contribution in [0.2, 0.25) is 0 Å². The van der Waals surface area contributed by atoms with Crippen molar-refractivity contribution in [2.75, 3.05) is 5.75 Å². The molecule has 3 aromatic rings. The van der Waals surface area contributed by atoms with Gasteiger partial charge in [-0.25, -0.2) is 0 Å². The fourth-order valence-corrected chi connectivity index (χ4v) is 3.65. The van der Waals surface area contributed by atoms with E-state index < -0.39 is 5.91 Å². The van der Waals surface area contributed by atoms with Crippen LogP contribution in [0.3, 0.4) is 0 Å². The molecule has 7 nitrogen and oxygen atoms in total. The number of ketones is 1. The van der Waals surface area contributed by atoms with Crippen molar-refractivity contribution in [2.24, 2.45) is 5.73 Å². The van der Waals surface area contributed by atoms with Crippen LogP contribution in [0.5, 0.6) is 0 Å². The zero-order valence-corrected chi connectivity index (χ0v) is 16.7. The Kier molecular flexibility index (Phi) is 6.30. The van der Waals surface area contributed by atoms with Crippen LogP contribution in [0.4, 0.5) is 0 Å². The van der Waals surface area contributed by atoms with Gasteiger partial charge in [0.1, 0.15) is 11.6 Å². The Labute approximate surface area is 167 Å². The lowest BCUT2D eigenvalue weighted by Gasteiger charge is -2.09. The fourth-order valence-electron chi connectivity index (χ4n) is 2.81. The minimum Gasteiger partial charge on any atom is -0.467 e. The molecule has 3 rings (SSSR count). The van der Waals surface area contributed by atoms with Crippen LogP contribution < -0.4 is 5.73 Å². The van der Waals surface area contributed by atoms with Crippen molar-refractivity contribution in [3.8, 4) is 0 Å². The first kappa shape index (κ1) is 19.9. The molecule has 8 heteroatoms. The number of amides is 1. The zero-order chi connectivity index (χ0) is 20.1. The largest absolute Gasteiger partial charge is 0.467 e. The number of hydrogen-bond donors (Lipinski definition) is 1. The number of aromatic nitrogens is 3. The summed E-state index contributed by atoms with van der Waals surface area (Å²) in [4.78, 5) is 23.8. The van der Waals surface area contributed by atoms with E-state index in [2.05, 4.69) is 10.2 Å². The van der Waals surface area contributed by atoms with Crippen LogP contribution in [0.1, 0.15) is 39.5 Å². The second-order valence-electron chi connectivity index (χ2n) is 6.56. The van der Waals surface area contributed by atoms with Crippen LogP contribution in [0, 0.1) is 13.8 Å². The van der Waals surface area contributed by atoms with Gasteiger partial charge in [0.15, 0.2) is 10.9 Å². The fraction of sp³-hybridized carbons (Fsp3) is 0.300. The van der Waals surface area contributed by atoms with Gasteiger partial charge < -0.3 is 10.2 Å². The van der Waals surface area contributed by atoms with E-state index in [0.717, 1.165) is 22.5 Å². The number of hydrogen-bond acceptors (Lipinski definition) is 6. The van der Waals surface area contributed by atoms with E-state index in [4.69, 9.17) is 10.2 Å². The van der Waals surface area contributed by atoms with Crippen molar-refractivity contribution in [1.29, 1.82) is 0 Å². The highest BCUT2D eigenvalue weighted by atomic mass is 32.2. The quantitative estimate of drug-likeness (QED) is 0.439. The molecule has 0 spiro atoms. The second kappa shape index (κ2) is 8.88. The highest BCUT2D eigenvalue weighted by Crippen LogP contribution is 2.22. The average Bonchev–Trinajstić information content (AvgIpc) is 3.30. The number of furan rings is 1. The molecule has 0 aliphatic carbocycles. The van der Waals surface area contributed by atoms with Gasteiger partial charge in [-0.15, -0.1) is 10.2 Å². The molecule has 2 N–H and O–H groups in total. The lowest BCUT2D eigenvalue weighted by Crippen LogP contribution is -2.14. The molecule has 1 aromatic carbocycles. The molecule has 0 aliphatic rings. The van der Waals surface area contributed by atoms with E-state index in [9.17, 15) is 9.59 Å². The van der Waals surface area contributed by atoms with Gasteiger partial charge in [-0.3, -0.25) is 14.2 Å². The summed E-state index contributed by atoms with van der Waals surface area (Å²) in [6.07, 6.45) is 2.16. The maximum absolute atomic E-state index is 12.7. The predicted octanol–water partition coefficient (Wildman–Crippen LogP) is 2.93. The Morgan fingerprint density at radius 1 is 1.21 bits per heavy atom. The molecule has 0 bridgehead atoms. The Balaban J connectivity index is 1.77. The molecule has 146 valence electrons. The van der Waals surface area contributed by atoms with Gasteiger partial charge in [-0.1, -0.05) is 29.5 Å². The van der Waals surface area contributed by atoms with Gasteiger partial charge in [0.25, 0.3) is 0 Å². The van der Waals surface area contributed by atoms with Crippen molar-refractivity contribution in [2.45, 2.75) is 38.4 Å². The number of primary amides is 1. The van der Waals surface area contributed by atoms with E-state index in [1.165, 1.54) is 11.8 Å². The number of carbonyl (C=O) groups excluding carboxylic acids is 2. The van der Waals surface area contributed by atoms with Crippen LogP contribution in [0.25, 0.3) is 0 Å². The van der Waals surface area contributed by atoms with E-state index in [-0.39, 0.29) is 18.0 Å². The standard InChI is InChI=1S/C20H22N4O3S/c1-13-5-6-14(2)16(10-13)17(25)12-28-20-23-22-19(8-7-18(21)26)24(20)11-15-4-3-9-27-15/h3-6,9-10H,7-8,11-12H2,1-2H3,(H2,21,26). The number of Topliss-reactive ketones (excluding diaryl/α,β-unsaturated/α-hetero) is 1. The summed E-state index contributed by atoms with van der Waals surface area (Å²) in [5.41, 5.74) is 7.98. The summed E-state index contributed by atoms with van der Waals surface area (Å²) in [7, 11) is 0. The van der Waals surface area contributed by atoms with Gasteiger partial charge >= 0.3 is 0 Å². The normalized spacial score (nSPS) is 10.9. The number of nitrogens with two attached hydrogens (primary N) is 1. The maximum Gasteiger partial charge on any atom is 0.217 e. The van der Waals surface area contributed by atoms with Crippen LogP contribution in [-0.4, -0.2) is 32.2 Å². The number of nitrogens with zero attached hydrogens (tertiary/aromatic N) is 3. The van der Waals surface area contributed by atoms with Crippen LogP contribution in [0.15, 0.2) is 46.2 Å². The first-order chi connectivity index (χ1) is 13.4. The third kappa shape index (κ3) is 4.89. The van der Waals surface area contributed by atoms with Crippen molar-refractivity contribution >= 4 is 23.5 Å². The van der Waals surface area contributed by atoms with E-state index in [1.54, 1.807) is 12.3 Å². The molecule has 2 heterocycles. The molecule has 28 heavy (non-hydrogen) atoms. The van der Waals surface area contributed by atoms with Gasteiger partial charge in [0.05, 0.1) is 18.6 Å². The molecular weight excluding hydrogens is 376 g/mol. The molecule has 0 aliphatic heterocycles. The topological polar surface area (TPSA) is 104 Å². The summed E-state index contributed by atoms with van der Waals surface area (Å²) in [5.74, 6) is 1.26. The zero-order valence-electron chi connectivity index (χ0n) is 15.8. The van der Waals surface area contributed by atoms with E-state index in [1.807, 2.05) is 42.7 Å². The Morgan fingerprint density at radius 3 is 2.75 bits per heavy atom. The van der Waals surface area contributed by atoms with Crippen molar-refractivity contribution in [3.05, 3.63) is 64.9 Å². The molecule has 1 amide bonds. The lowest BCUT2D eigenvalue weighted by molar-refractivity contribution is -0.118. The Bertz CT molecular complexity index is 980. The third-order valence-corrected chi connectivity index (χ3v) is 5.28. The molecule has 0 fully saturated rings. The first-order valence-corrected chi connectivity index (χ1v) is 9.88. The number of rotatable bonds is 9. The Hall–Kier alpha value is -2.87. The number of carbonyl (C=O) groups is 2. The highest BCUT2D eigenvalue weighted by molar-refractivity contribution is 7.99. The minimum absolute atomic E-state index is 0.0393. The van der Waals surface area contributed by atoms with Gasteiger partial charge in [0.2, 0.25) is 5.91 Å². The molecule has 0 unspecified atom stereocenters. The summed E-state index contributed by atoms with van der Waals surface area (Å²) in [6, 6.07) is 9.51. The molecule has 0 radical (unpaired) electrons. The summed E-state index contributed by atoms with van der Waals surface area (Å²) in [5, 5.41) is 9.00. The van der Waals surface area contributed by atoms with Crippen molar-refractivity contribution in [3.63, 3.8) is 0 Å². The summed E-state index contributed by atoms with van der Waals surface area (Å²) in [6.45, 7) is 4.32. The number of thioether (sulfide) groups is 1. The maximum atomic E-state index is 12.7. The minimum atomic E-state index is -0.396. The second-order valence-corrected chi connectivity index (χ2v) is 7.50. The van der Waals surface area contributed by atoms with E-state index >= 15 is 0 Å². The van der Waals surface area contributed by atoms with Gasteiger partial charge in [0, 0.05) is 18.4 Å². The monoisotopic (exact) mass is 398 g/mol.